The van der Waals surface area contributed by atoms with Crippen molar-refractivity contribution in [1.82, 2.24) is 19.8 Å². The highest BCUT2D eigenvalue weighted by Crippen LogP contribution is 2.48. The molecule has 0 spiro atoms. The zero-order chi connectivity index (χ0) is 20.1. The summed E-state index contributed by atoms with van der Waals surface area (Å²) >= 11 is 0. The van der Waals surface area contributed by atoms with Gasteiger partial charge in [0.25, 0.3) is 5.84 Å². The lowest BCUT2D eigenvalue weighted by atomic mass is 10.1. The van der Waals surface area contributed by atoms with Gasteiger partial charge in [-0.3, -0.25) is 10.1 Å². The van der Waals surface area contributed by atoms with E-state index in [1.807, 2.05) is 17.8 Å². The average Bonchev–Trinajstić information content (AvgIpc) is 3.05. The number of amidine groups is 1. The van der Waals surface area contributed by atoms with Crippen LogP contribution in [0.5, 0.6) is 0 Å². The molecule has 0 aromatic carbocycles. The molecule has 2 saturated carbocycles. The molecule has 2 heterocycles. The van der Waals surface area contributed by atoms with Crippen molar-refractivity contribution in [2.24, 2.45) is 12.0 Å². The smallest absolute Gasteiger partial charge is 0.350 e. The van der Waals surface area contributed by atoms with E-state index in [1.54, 1.807) is 18.3 Å². The van der Waals surface area contributed by atoms with Gasteiger partial charge >= 0.3 is 6.18 Å². The molecule has 0 radical (unpaired) electrons. The molecule has 1 unspecified atom stereocenters. The molecule has 1 aromatic heterocycles. The highest BCUT2D eigenvalue weighted by atomic mass is 19.4. The molecule has 0 saturated heterocycles. The number of rotatable bonds is 5. The summed E-state index contributed by atoms with van der Waals surface area (Å²) in [5.74, 6) is 0.786. The van der Waals surface area contributed by atoms with Crippen molar-refractivity contribution >= 4 is 11.7 Å². The standard InChI is InChI=1S/C18H23F3N6O/c1-26-8-13(22-10-26)15-23-12-5-3-4-11(12)16(24-15)27(2)9-14(28)25-17(6-7-17)18(19,20)21/h8,10,12H,3-7,9H2,1-2H3,(H,23,24)(H,25,28)/p+1. The van der Waals surface area contributed by atoms with Gasteiger partial charge in [-0.05, 0) is 25.7 Å². The highest BCUT2D eigenvalue weighted by molar-refractivity contribution is 5.90. The van der Waals surface area contributed by atoms with Gasteiger partial charge < -0.3 is 14.8 Å². The molecule has 10 heteroatoms. The summed E-state index contributed by atoms with van der Waals surface area (Å²) < 4.78 is 41.1. The minimum absolute atomic E-state index is 0.0566. The number of halogens is 3. The molecule has 7 nitrogen and oxygen atoms in total. The Hall–Kier alpha value is -2.36. The lowest BCUT2D eigenvalue weighted by molar-refractivity contribution is -0.571. The van der Waals surface area contributed by atoms with Gasteiger partial charge in [0, 0.05) is 32.3 Å². The summed E-state index contributed by atoms with van der Waals surface area (Å²) in [5, 5.41) is 4.29. The number of imidazole rings is 1. The summed E-state index contributed by atoms with van der Waals surface area (Å²) in [6.07, 6.45) is 1.96. The Kier molecular flexibility index (Phi) is 4.48. The number of amides is 1. The number of fused-ring (bicyclic) bond motifs is 1. The maximum absolute atomic E-state index is 13.1. The second-order valence-corrected chi connectivity index (χ2v) is 7.92. The van der Waals surface area contributed by atoms with Gasteiger partial charge in [0.15, 0.2) is 5.69 Å². The molecule has 3 N–H and O–H groups in total. The summed E-state index contributed by atoms with van der Waals surface area (Å²) in [6, 6.07) is 0.236. The van der Waals surface area contributed by atoms with E-state index in [4.69, 9.17) is 4.99 Å². The second kappa shape index (κ2) is 6.61. The molecule has 2 aliphatic carbocycles. The van der Waals surface area contributed by atoms with Gasteiger partial charge in [-0.15, -0.1) is 0 Å². The van der Waals surface area contributed by atoms with Crippen molar-refractivity contribution in [3.63, 3.8) is 0 Å². The summed E-state index contributed by atoms with van der Waals surface area (Å²) in [6.45, 7) is -0.164. The SMILES string of the molecule is CN(CC(=O)NC1(C(F)(F)F)CC1)C1=C2CCCC2[NH2+]C(c2cn(C)cn2)=N1. The topological polar surface area (TPSA) is 79.1 Å². The van der Waals surface area contributed by atoms with E-state index in [9.17, 15) is 18.0 Å². The monoisotopic (exact) mass is 397 g/mol. The third-order valence-electron chi connectivity index (χ3n) is 5.66. The van der Waals surface area contributed by atoms with Gasteiger partial charge in [-0.25, -0.2) is 4.98 Å². The van der Waals surface area contributed by atoms with Crippen molar-refractivity contribution in [3.8, 4) is 0 Å². The van der Waals surface area contributed by atoms with Gasteiger partial charge in [0.05, 0.1) is 12.9 Å². The Balaban J connectivity index is 1.52. The average molecular weight is 397 g/mol. The summed E-state index contributed by atoms with van der Waals surface area (Å²) in [4.78, 5) is 23.0. The predicted octanol–water partition coefficient (Wildman–Crippen LogP) is 0.651. The Bertz CT molecular complexity index is 852. The Labute approximate surface area is 160 Å². The maximum atomic E-state index is 13.1. The van der Waals surface area contributed by atoms with Crippen molar-refractivity contribution < 1.29 is 23.3 Å². The molecule has 2 fully saturated rings. The van der Waals surface area contributed by atoms with E-state index >= 15 is 0 Å². The van der Waals surface area contributed by atoms with E-state index < -0.39 is 17.6 Å². The molecule has 3 aliphatic rings. The number of hydrogen-bond acceptors (Lipinski definition) is 4. The highest BCUT2D eigenvalue weighted by Gasteiger charge is 2.64. The van der Waals surface area contributed by atoms with Crippen LogP contribution in [0.4, 0.5) is 13.2 Å². The fraction of sp³-hybridized carbons (Fsp3) is 0.611. The van der Waals surface area contributed by atoms with Crippen LogP contribution in [0.25, 0.3) is 0 Å². The predicted molar refractivity (Wildman–Crippen MR) is 95.1 cm³/mol. The lowest BCUT2D eigenvalue weighted by Gasteiger charge is -2.27. The van der Waals surface area contributed by atoms with Gasteiger partial charge in [0.2, 0.25) is 5.91 Å². The van der Waals surface area contributed by atoms with Crippen molar-refractivity contribution in [3.05, 3.63) is 29.6 Å². The van der Waals surface area contributed by atoms with Crippen LogP contribution < -0.4 is 10.6 Å². The molecule has 1 aliphatic heterocycles. The fourth-order valence-electron chi connectivity index (χ4n) is 3.97. The quantitative estimate of drug-likeness (QED) is 0.766. The Morgan fingerprint density at radius 2 is 2.21 bits per heavy atom. The number of nitrogens with one attached hydrogen (secondary N) is 1. The first-order chi connectivity index (χ1) is 13.2. The van der Waals surface area contributed by atoms with E-state index in [-0.39, 0.29) is 25.4 Å². The van der Waals surface area contributed by atoms with E-state index in [0.717, 1.165) is 36.4 Å². The lowest BCUT2D eigenvalue weighted by Crippen LogP contribution is -2.94. The summed E-state index contributed by atoms with van der Waals surface area (Å²) in [5.41, 5.74) is -0.147. The number of aliphatic imine (C=N–C) groups is 1. The number of aryl methyl sites for hydroxylation is 1. The molecule has 1 aromatic rings. The van der Waals surface area contributed by atoms with Gasteiger partial charge in [-0.1, -0.05) is 0 Å². The number of hydrogen-bond donors (Lipinski definition) is 2. The molecule has 152 valence electrons. The van der Waals surface area contributed by atoms with Gasteiger partial charge in [0.1, 0.15) is 17.4 Å². The maximum Gasteiger partial charge on any atom is 0.411 e. The van der Waals surface area contributed by atoms with Crippen LogP contribution in [0.3, 0.4) is 0 Å². The Morgan fingerprint density at radius 3 is 2.82 bits per heavy atom. The third kappa shape index (κ3) is 3.41. The van der Waals surface area contributed by atoms with Crippen LogP contribution in [0.15, 0.2) is 28.9 Å². The number of carbonyl (C=O) groups excluding carboxylic acids is 1. The molecule has 1 amide bonds. The van der Waals surface area contributed by atoms with Crippen LogP contribution >= 0.6 is 0 Å². The van der Waals surface area contributed by atoms with Crippen LogP contribution in [0.1, 0.15) is 37.8 Å². The molecular formula is C18H24F3N6O+. The molecule has 28 heavy (non-hydrogen) atoms. The number of quaternary nitrogens is 1. The molecule has 0 bridgehead atoms. The van der Waals surface area contributed by atoms with Crippen LogP contribution in [0, 0.1) is 0 Å². The number of likely N-dealkylation sites (N-methyl/N-ethyl adjacent to an activating group) is 1. The van der Waals surface area contributed by atoms with Crippen molar-refractivity contribution in [2.45, 2.75) is 49.9 Å². The molecule has 4 rings (SSSR count). The minimum Gasteiger partial charge on any atom is -0.350 e. The second-order valence-electron chi connectivity index (χ2n) is 7.92. The number of nitrogens with two attached hydrogens (primary N) is 1. The normalized spacial score (nSPS) is 23.3. The van der Waals surface area contributed by atoms with Gasteiger partial charge in [-0.2, -0.15) is 18.2 Å². The van der Waals surface area contributed by atoms with Crippen molar-refractivity contribution in [1.29, 1.82) is 0 Å². The fourth-order valence-corrected chi connectivity index (χ4v) is 3.97. The number of alkyl halides is 3. The van der Waals surface area contributed by atoms with Crippen LogP contribution in [0.2, 0.25) is 0 Å². The van der Waals surface area contributed by atoms with E-state index in [1.165, 1.54) is 0 Å². The first-order valence-electron chi connectivity index (χ1n) is 9.42. The Morgan fingerprint density at radius 1 is 1.46 bits per heavy atom. The summed E-state index contributed by atoms with van der Waals surface area (Å²) in [7, 11) is 3.58. The van der Waals surface area contributed by atoms with Crippen LogP contribution in [-0.4, -0.2) is 57.5 Å². The minimum atomic E-state index is -4.41. The number of aromatic nitrogens is 2. The number of carbonyl (C=O) groups is 1. The van der Waals surface area contributed by atoms with E-state index in [2.05, 4.69) is 15.6 Å². The van der Waals surface area contributed by atoms with Crippen LogP contribution in [-0.2, 0) is 11.8 Å². The van der Waals surface area contributed by atoms with Crippen molar-refractivity contribution in [2.75, 3.05) is 13.6 Å². The zero-order valence-electron chi connectivity index (χ0n) is 15.9. The molecular weight excluding hydrogens is 373 g/mol. The largest absolute Gasteiger partial charge is 0.411 e. The third-order valence-corrected chi connectivity index (χ3v) is 5.66. The number of nitrogens with zero attached hydrogens (tertiary/aromatic N) is 4. The van der Waals surface area contributed by atoms with E-state index in [0.29, 0.717) is 5.82 Å². The first kappa shape index (κ1) is 19.0. The molecule has 1 atom stereocenters. The first-order valence-corrected chi connectivity index (χ1v) is 9.42. The zero-order valence-corrected chi connectivity index (χ0v) is 15.9.